The van der Waals surface area contributed by atoms with Gasteiger partial charge in [0.2, 0.25) is 5.91 Å². The maximum absolute atomic E-state index is 12.9. The number of non-ortho nitro benzene ring substituents is 1. The number of thioether (sulfide) groups is 1. The van der Waals surface area contributed by atoms with Gasteiger partial charge in [-0.05, 0) is 24.6 Å². The lowest BCUT2D eigenvalue weighted by atomic mass is 9.96. The molecule has 1 aromatic carbocycles. The first-order chi connectivity index (χ1) is 13.4. The summed E-state index contributed by atoms with van der Waals surface area (Å²) >= 11 is 1.57. The number of ether oxygens (including phenoxy) is 1. The molecular weight excluding hydrogens is 386 g/mol. The van der Waals surface area contributed by atoms with Crippen molar-refractivity contribution in [3.8, 4) is 0 Å². The fourth-order valence-corrected chi connectivity index (χ4v) is 5.30. The van der Waals surface area contributed by atoms with Crippen molar-refractivity contribution in [3.63, 3.8) is 0 Å². The minimum atomic E-state index is -0.731. The van der Waals surface area contributed by atoms with Gasteiger partial charge in [-0.1, -0.05) is 0 Å². The summed E-state index contributed by atoms with van der Waals surface area (Å²) in [5, 5.41) is 14.8. The quantitative estimate of drug-likeness (QED) is 0.307. The zero-order valence-electron chi connectivity index (χ0n) is 14.9. The summed E-state index contributed by atoms with van der Waals surface area (Å²) in [5.41, 5.74) is 0.603. The van der Waals surface area contributed by atoms with E-state index in [-0.39, 0.29) is 23.6 Å². The molecule has 0 radical (unpaired) electrons. The Kier molecular flexibility index (Phi) is 4.53. The van der Waals surface area contributed by atoms with E-state index in [0.717, 1.165) is 0 Å². The van der Waals surface area contributed by atoms with Gasteiger partial charge in [-0.25, -0.2) is 9.78 Å². The first kappa shape index (κ1) is 18.4. The summed E-state index contributed by atoms with van der Waals surface area (Å²) < 4.78 is 6.51. The van der Waals surface area contributed by atoms with Crippen LogP contribution in [0.3, 0.4) is 0 Å². The van der Waals surface area contributed by atoms with Gasteiger partial charge in [0, 0.05) is 12.1 Å². The Morgan fingerprint density at radius 3 is 2.79 bits per heavy atom. The second-order valence-electron chi connectivity index (χ2n) is 6.92. The van der Waals surface area contributed by atoms with Crippen LogP contribution < -0.4 is 0 Å². The van der Waals surface area contributed by atoms with Crippen LogP contribution in [0.4, 0.5) is 5.69 Å². The lowest BCUT2D eigenvalue weighted by Crippen LogP contribution is -2.58. The number of esters is 1. The van der Waals surface area contributed by atoms with Crippen molar-refractivity contribution in [2.75, 3.05) is 0 Å². The molecule has 2 aliphatic heterocycles. The number of nitrogens with zero attached hydrogens (tertiary/aromatic N) is 5. The molecule has 0 spiro atoms. The lowest BCUT2D eigenvalue weighted by molar-refractivity contribution is -0.384. The van der Waals surface area contributed by atoms with E-state index < -0.39 is 21.7 Å². The fourth-order valence-electron chi connectivity index (χ4n) is 3.55. The van der Waals surface area contributed by atoms with E-state index in [1.165, 1.54) is 18.5 Å². The van der Waals surface area contributed by atoms with Gasteiger partial charge >= 0.3 is 5.97 Å². The number of hydrogen-bond donors (Lipinski definition) is 0. The van der Waals surface area contributed by atoms with Crippen LogP contribution >= 0.6 is 11.8 Å². The van der Waals surface area contributed by atoms with Gasteiger partial charge in [-0.3, -0.25) is 19.6 Å². The molecule has 2 aliphatic rings. The van der Waals surface area contributed by atoms with Gasteiger partial charge in [0.05, 0.1) is 28.0 Å². The number of β-lactam (4-membered cyclic amide) rings is 1. The highest BCUT2D eigenvalue weighted by Gasteiger charge is 2.61. The Hall–Kier alpha value is -2.95. The standard InChI is InChI=1S/C17H17N5O5S/c1-17(8-20-10-18-9-19-20)15(21-13(23)6-14(21)28-17)16(24)27-7-11-2-4-12(5-3-11)22(25)26/h2-5,9-10,14-15H,6-8H2,1H3/t14-,15-,17-/m0/s1. The molecule has 3 heterocycles. The van der Waals surface area contributed by atoms with Crippen LogP contribution in [0.15, 0.2) is 36.9 Å². The molecule has 1 amide bonds. The van der Waals surface area contributed by atoms with E-state index in [0.29, 0.717) is 18.5 Å². The smallest absolute Gasteiger partial charge is 0.330 e. The lowest BCUT2D eigenvalue weighted by Gasteiger charge is -2.37. The summed E-state index contributed by atoms with van der Waals surface area (Å²) in [6, 6.07) is 5.07. The SMILES string of the molecule is C[C@@]1(Cn2cncn2)S[C@H]2CC(=O)N2[C@H]1C(=O)OCc1ccc([N+](=O)[O-])cc1. The number of aromatic nitrogens is 3. The molecule has 0 N–H and O–H groups in total. The van der Waals surface area contributed by atoms with E-state index in [1.54, 1.807) is 39.8 Å². The third-order valence-electron chi connectivity index (χ3n) is 4.90. The number of amides is 1. The summed E-state index contributed by atoms with van der Waals surface area (Å²) in [5.74, 6) is -0.568. The minimum Gasteiger partial charge on any atom is -0.459 e. The van der Waals surface area contributed by atoms with Gasteiger partial charge in [0.25, 0.3) is 5.69 Å². The summed E-state index contributed by atoms with van der Waals surface area (Å²) in [6.07, 6.45) is 3.40. The zero-order valence-corrected chi connectivity index (χ0v) is 15.7. The average Bonchev–Trinajstić information content (AvgIpc) is 3.24. The summed E-state index contributed by atoms with van der Waals surface area (Å²) in [7, 11) is 0. The Labute approximate surface area is 164 Å². The van der Waals surface area contributed by atoms with Crippen LogP contribution in [0.1, 0.15) is 18.9 Å². The second kappa shape index (κ2) is 6.89. The average molecular weight is 403 g/mol. The van der Waals surface area contributed by atoms with Crippen LogP contribution in [0.2, 0.25) is 0 Å². The summed E-state index contributed by atoms with van der Waals surface area (Å²) in [6.45, 7) is 2.31. The molecule has 0 bridgehead atoms. The maximum atomic E-state index is 12.9. The fraction of sp³-hybridized carbons (Fsp3) is 0.412. The van der Waals surface area contributed by atoms with E-state index in [1.807, 2.05) is 6.92 Å². The highest BCUT2D eigenvalue weighted by molar-refractivity contribution is 8.01. The van der Waals surface area contributed by atoms with Gasteiger partial charge in [-0.15, -0.1) is 11.8 Å². The Morgan fingerprint density at radius 1 is 1.43 bits per heavy atom. The maximum Gasteiger partial charge on any atom is 0.330 e. The number of nitro groups is 1. The number of carbonyl (C=O) groups is 2. The topological polar surface area (TPSA) is 120 Å². The van der Waals surface area contributed by atoms with E-state index >= 15 is 0 Å². The van der Waals surface area contributed by atoms with Crippen molar-refractivity contribution < 1.29 is 19.2 Å². The predicted molar refractivity (Wildman–Crippen MR) is 97.9 cm³/mol. The number of hydrogen-bond acceptors (Lipinski definition) is 8. The van der Waals surface area contributed by atoms with Gasteiger partial charge in [0.1, 0.15) is 25.3 Å². The number of nitro benzene ring substituents is 1. The third-order valence-corrected chi connectivity index (χ3v) is 6.46. The molecular formula is C17H17N5O5S. The van der Waals surface area contributed by atoms with Crippen LogP contribution in [-0.4, -0.2) is 52.6 Å². The van der Waals surface area contributed by atoms with Gasteiger partial charge in [0.15, 0.2) is 0 Å². The van der Waals surface area contributed by atoms with Crippen LogP contribution in [0.5, 0.6) is 0 Å². The highest BCUT2D eigenvalue weighted by atomic mass is 32.2. The molecule has 28 heavy (non-hydrogen) atoms. The van der Waals surface area contributed by atoms with Crippen molar-refractivity contribution in [2.45, 2.75) is 42.7 Å². The number of rotatable bonds is 6. The molecule has 2 saturated heterocycles. The van der Waals surface area contributed by atoms with Crippen LogP contribution in [0, 0.1) is 10.1 Å². The van der Waals surface area contributed by atoms with Crippen LogP contribution in [-0.2, 0) is 27.5 Å². The van der Waals surface area contributed by atoms with Gasteiger partial charge in [-0.2, -0.15) is 5.10 Å². The first-order valence-corrected chi connectivity index (χ1v) is 9.47. The molecule has 0 aliphatic carbocycles. The van der Waals surface area contributed by atoms with Crippen molar-refractivity contribution in [2.24, 2.45) is 0 Å². The molecule has 11 heteroatoms. The zero-order chi connectivity index (χ0) is 19.9. The molecule has 1 aromatic heterocycles. The van der Waals surface area contributed by atoms with E-state index in [9.17, 15) is 19.7 Å². The van der Waals surface area contributed by atoms with E-state index in [4.69, 9.17) is 4.74 Å². The Bertz CT molecular complexity index is 919. The van der Waals surface area contributed by atoms with Crippen molar-refractivity contribution in [1.29, 1.82) is 0 Å². The molecule has 4 rings (SSSR count). The minimum absolute atomic E-state index is 0.0237. The van der Waals surface area contributed by atoms with E-state index in [2.05, 4.69) is 10.1 Å². The third kappa shape index (κ3) is 3.21. The number of carbonyl (C=O) groups excluding carboxylic acids is 2. The number of fused-ring (bicyclic) bond motifs is 1. The van der Waals surface area contributed by atoms with Crippen molar-refractivity contribution in [1.82, 2.24) is 19.7 Å². The monoisotopic (exact) mass is 403 g/mol. The molecule has 0 unspecified atom stereocenters. The predicted octanol–water partition coefficient (Wildman–Crippen LogP) is 1.36. The molecule has 2 fully saturated rings. The number of benzene rings is 1. The molecule has 0 saturated carbocycles. The Balaban J connectivity index is 1.48. The molecule has 2 aromatic rings. The molecule has 3 atom stereocenters. The molecule has 146 valence electrons. The van der Waals surface area contributed by atoms with Crippen LogP contribution in [0.25, 0.3) is 0 Å². The van der Waals surface area contributed by atoms with Crippen molar-refractivity contribution >= 4 is 29.3 Å². The molecule has 10 nitrogen and oxygen atoms in total. The summed E-state index contributed by atoms with van der Waals surface area (Å²) in [4.78, 5) is 40.7. The highest BCUT2D eigenvalue weighted by Crippen LogP contribution is 2.51. The first-order valence-electron chi connectivity index (χ1n) is 8.59. The normalized spacial score (nSPS) is 25.9. The van der Waals surface area contributed by atoms with Crippen molar-refractivity contribution in [3.05, 3.63) is 52.6 Å². The second-order valence-corrected chi connectivity index (χ2v) is 8.63. The Morgan fingerprint density at radius 2 is 2.18 bits per heavy atom. The van der Waals surface area contributed by atoms with Gasteiger partial charge < -0.3 is 9.64 Å². The largest absolute Gasteiger partial charge is 0.459 e.